The van der Waals surface area contributed by atoms with Gasteiger partial charge in [-0.2, -0.15) is 0 Å². The molecule has 0 amide bonds. The molecule has 0 atom stereocenters. The van der Waals surface area contributed by atoms with Crippen molar-refractivity contribution in [3.8, 4) is 67.3 Å². The van der Waals surface area contributed by atoms with Crippen molar-refractivity contribution in [1.82, 2.24) is 9.97 Å². The van der Waals surface area contributed by atoms with E-state index in [1.807, 2.05) is 48.5 Å². The molecule has 0 N–H and O–H groups in total. The third-order valence-corrected chi connectivity index (χ3v) is 10.8. The molecule has 0 aliphatic heterocycles. The van der Waals surface area contributed by atoms with Crippen LogP contribution in [0.4, 0.5) is 0 Å². The molecular weight excluding hydrogens is 685 g/mol. The van der Waals surface area contributed by atoms with Crippen LogP contribution in [0.5, 0.6) is 0 Å². The summed E-state index contributed by atoms with van der Waals surface area (Å²) < 4.78 is 13.4. The van der Waals surface area contributed by atoms with E-state index in [0.717, 1.165) is 99.8 Å². The van der Waals surface area contributed by atoms with Gasteiger partial charge in [-0.3, -0.25) is 0 Å². The van der Waals surface area contributed by atoms with E-state index in [-0.39, 0.29) is 0 Å². The van der Waals surface area contributed by atoms with Crippen LogP contribution in [0.1, 0.15) is 0 Å². The first-order valence-electron chi connectivity index (χ1n) is 18.8. The highest BCUT2D eigenvalue weighted by atomic mass is 16.3. The van der Waals surface area contributed by atoms with Gasteiger partial charge in [-0.1, -0.05) is 176 Å². The van der Waals surface area contributed by atoms with E-state index < -0.39 is 0 Å². The average Bonchev–Trinajstić information content (AvgIpc) is 3.86. The molecular formula is C52H32N2O2. The van der Waals surface area contributed by atoms with E-state index >= 15 is 0 Å². The Labute approximate surface area is 323 Å². The summed E-state index contributed by atoms with van der Waals surface area (Å²) in [7, 11) is 0. The molecule has 3 heterocycles. The second-order valence-corrected chi connectivity index (χ2v) is 14.1. The Morgan fingerprint density at radius 2 is 0.768 bits per heavy atom. The lowest BCUT2D eigenvalue weighted by atomic mass is 9.87. The van der Waals surface area contributed by atoms with Gasteiger partial charge >= 0.3 is 0 Å². The van der Waals surface area contributed by atoms with Crippen molar-refractivity contribution in [2.45, 2.75) is 0 Å². The topological polar surface area (TPSA) is 52.1 Å². The van der Waals surface area contributed by atoms with Crippen molar-refractivity contribution >= 4 is 43.9 Å². The zero-order valence-electron chi connectivity index (χ0n) is 30.2. The number of rotatable bonds is 6. The largest absolute Gasteiger partial charge is 0.455 e. The molecule has 11 aromatic rings. The zero-order chi connectivity index (χ0) is 37.0. The quantitative estimate of drug-likeness (QED) is 0.172. The standard InChI is InChI=1S/C52H32N2O2/c1-3-14-33(15-4-1)34-28-30-35(31-29-34)45-32-46(54-52(53-45)36-16-5-2-6-17-36)43-24-11-20-39(42-23-12-21-40-37-18-7-9-26-47(37)55-50(40)42)49(43)44-25-13-22-41-38-19-8-10-27-48(38)56-51(41)44/h1-32H. The van der Waals surface area contributed by atoms with Gasteiger partial charge in [0.25, 0.3) is 0 Å². The second-order valence-electron chi connectivity index (χ2n) is 14.1. The summed E-state index contributed by atoms with van der Waals surface area (Å²) in [5.41, 5.74) is 14.3. The lowest BCUT2D eigenvalue weighted by molar-refractivity contribution is 0.669. The Balaban J connectivity index is 1.19. The molecule has 3 aromatic heterocycles. The van der Waals surface area contributed by atoms with Crippen molar-refractivity contribution in [2.24, 2.45) is 0 Å². The molecule has 0 saturated carbocycles. The minimum atomic E-state index is 0.655. The van der Waals surface area contributed by atoms with E-state index in [9.17, 15) is 0 Å². The molecule has 0 aliphatic carbocycles. The van der Waals surface area contributed by atoms with Crippen LogP contribution < -0.4 is 0 Å². The first kappa shape index (κ1) is 31.9. The van der Waals surface area contributed by atoms with Gasteiger partial charge in [0.1, 0.15) is 22.3 Å². The number of para-hydroxylation sites is 4. The van der Waals surface area contributed by atoms with Crippen molar-refractivity contribution in [3.05, 3.63) is 194 Å². The number of benzene rings is 8. The first-order chi connectivity index (χ1) is 27.8. The summed E-state index contributed by atoms with van der Waals surface area (Å²) in [4.78, 5) is 10.5. The lowest BCUT2D eigenvalue weighted by Gasteiger charge is -2.17. The third kappa shape index (κ3) is 5.31. The Morgan fingerprint density at radius 1 is 0.304 bits per heavy atom. The normalized spacial score (nSPS) is 11.6. The summed E-state index contributed by atoms with van der Waals surface area (Å²) in [6.45, 7) is 0. The maximum Gasteiger partial charge on any atom is 0.160 e. The number of nitrogens with zero attached hydrogens (tertiary/aromatic N) is 2. The lowest BCUT2D eigenvalue weighted by Crippen LogP contribution is -1.98. The molecule has 0 fully saturated rings. The molecule has 0 saturated heterocycles. The molecule has 0 aliphatic rings. The Kier molecular flexibility index (Phi) is 7.46. The van der Waals surface area contributed by atoms with Gasteiger partial charge in [0, 0.05) is 54.9 Å². The van der Waals surface area contributed by atoms with Crippen molar-refractivity contribution in [2.75, 3.05) is 0 Å². The number of furan rings is 2. The molecule has 11 rings (SSSR count). The van der Waals surface area contributed by atoms with Gasteiger partial charge in [0.05, 0.1) is 11.4 Å². The molecule has 56 heavy (non-hydrogen) atoms. The van der Waals surface area contributed by atoms with Crippen LogP contribution in [0.15, 0.2) is 203 Å². The van der Waals surface area contributed by atoms with E-state index in [2.05, 4.69) is 146 Å². The van der Waals surface area contributed by atoms with Gasteiger partial charge in [-0.25, -0.2) is 9.97 Å². The second kappa shape index (κ2) is 13.1. The summed E-state index contributed by atoms with van der Waals surface area (Å²) in [6.07, 6.45) is 0. The Hall–Kier alpha value is -7.56. The van der Waals surface area contributed by atoms with E-state index in [1.165, 1.54) is 5.56 Å². The minimum absolute atomic E-state index is 0.655. The van der Waals surface area contributed by atoms with Crippen LogP contribution in [-0.2, 0) is 0 Å². The van der Waals surface area contributed by atoms with Crippen molar-refractivity contribution in [1.29, 1.82) is 0 Å². The SMILES string of the molecule is c1ccc(-c2ccc(-c3cc(-c4cccc(-c5cccc6c5oc5ccccc56)c4-c4cccc5c4oc4ccccc45)nc(-c4ccccc4)n3)cc2)cc1. The molecule has 0 radical (unpaired) electrons. The summed E-state index contributed by atoms with van der Waals surface area (Å²) in [5, 5.41) is 4.31. The Bertz CT molecular complexity index is 3230. The van der Waals surface area contributed by atoms with Crippen LogP contribution in [0.3, 0.4) is 0 Å². The van der Waals surface area contributed by atoms with Crippen LogP contribution >= 0.6 is 0 Å². The van der Waals surface area contributed by atoms with Crippen LogP contribution in [0.25, 0.3) is 111 Å². The highest BCUT2D eigenvalue weighted by Crippen LogP contribution is 2.47. The van der Waals surface area contributed by atoms with Gasteiger partial charge in [-0.15, -0.1) is 0 Å². The molecule has 262 valence electrons. The molecule has 4 heteroatoms. The molecule has 4 nitrogen and oxygen atoms in total. The fourth-order valence-corrected chi connectivity index (χ4v) is 8.10. The summed E-state index contributed by atoms with van der Waals surface area (Å²) in [6, 6.07) is 67.2. The Morgan fingerprint density at radius 3 is 1.45 bits per heavy atom. The fraction of sp³-hybridized carbons (Fsp3) is 0. The molecule has 8 aromatic carbocycles. The van der Waals surface area contributed by atoms with Crippen molar-refractivity contribution in [3.63, 3.8) is 0 Å². The molecule has 0 unspecified atom stereocenters. The third-order valence-electron chi connectivity index (χ3n) is 10.8. The maximum atomic E-state index is 6.73. The van der Waals surface area contributed by atoms with Crippen molar-refractivity contribution < 1.29 is 8.83 Å². The maximum absolute atomic E-state index is 6.73. The number of hydrogen-bond acceptors (Lipinski definition) is 4. The van der Waals surface area contributed by atoms with Crippen LogP contribution in [-0.4, -0.2) is 9.97 Å². The fourth-order valence-electron chi connectivity index (χ4n) is 8.10. The van der Waals surface area contributed by atoms with Crippen LogP contribution in [0, 0.1) is 0 Å². The van der Waals surface area contributed by atoms with E-state index in [1.54, 1.807) is 0 Å². The van der Waals surface area contributed by atoms with Gasteiger partial charge < -0.3 is 8.83 Å². The number of aromatic nitrogens is 2. The highest BCUT2D eigenvalue weighted by molar-refractivity contribution is 6.15. The van der Waals surface area contributed by atoms with Gasteiger partial charge in [-0.05, 0) is 34.9 Å². The zero-order valence-corrected chi connectivity index (χ0v) is 30.2. The highest BCUT2D eigenvalue weighted by Gasteiger charge is 2.23. The number of fused-ring (bicyclic) bond motifs is 6. The average molecular weight is 717 g/mol. The predicted octanol–water partition coefficient (Wildman–Crippen LogP) is 14.3. The van der Waals surface area contributed by atoms with E-state index in [4.69, 9.17) is 18.8 Å². The first-order valence-corrected chi connectivity index (χ1v) is 18.8. The summed E-state index contributed by atoms with van der Waals surface area (Å²) >= 11 is 0. The van der Waals surface area contributed by atoms with E-state index in [0.29, 0.717) is 5.82 Å². The minimum Gasteiger partial charge on any atom is -0.455 e. The molecule has 0 spiro atoms. The smallest absolute Gasteiger partial charge is 0.160 e. The monoisotopic (exact) mass is 716 g/mol. The summed E-state index contributed by atoms with van der Waals surface area (Å²) in [5.74, 6) is 0.655. The van der Waals surface area contributed by atoms with Gasteiger partial charge in [0.2, 0.25) is 0 Å². The molecule has 0 bridgehead atoms. The van der Waals surface area contributed by atoms with Crippen LogP contribution in [0.2, 0.25) is 0 Å². The number of hydrogen-bond donors (Lipinski definition) is 0. The van der Waals surface area contributed by atoms with Gasteiger partial charge in [0.15, 0.2) is 5.82 Å². The predicted molar refractivity (Wildman–Crippen MR) is 229 cm³/mol.